The predicted octanol–water partition coefficient (Wildman–Crippen LogP) is 6.94. The number of nitrogens with one attached hydrogen (secondary N) is 1. The summed E-state index contributed by atoms with van der Waals surface area (Å²) in [4.78, 5) is 31.3. The Morgan fingerprint density at radius 3 is 2.17 bits per heavy atom. The molecule has 0 saturated carbocycles. The Bertz CT molecular complexity index is 1390. The van der Waals surface area contributed by atoms with Crippen LogP contribution in [0.3, 0.4) is 0 Å². The van der Waals surface area contributed by atoms with Gasteiger partial charge in [-0.2, -0.15) is 0 Å². The normalized spacial score (nSPS) is 14.3. The molecule has 0 radical (unpaired) electrons. The summed E-state index contributed by atoms with van der Waals surface area (Å²) < 4.78 is 24.8. The van der Waals surface area contributed by atoms with Gasteiger partial charge >= 0.3 is 6.09 Å². The highest BCUT2D eigenvalue weighted by molar-refractivity contribution is 5.94. The summed E-state index contributed by atoms with van der Waals surface area (Å²) in [5.74, 6) is 0.0247. The van der Waals surface area contributed by atoms with Gasteiger partial charge in [-0.05, 0) is 87.9 Å². The van der Waals surface area contributed by atoms with Crippen molar-refractivity contribution < 1.29 is 23.5 Å². The van der Waals surface area contributed by atoms with E-state index in [9.17, 15) is 14.0 Å². The van der Waals surface area contributed by atoms with Gasteiger partial charge in [-0.3, -0.25) is 9.78 Å². The average Bonchev–Trinajstić information content (AvgIpc) is 2.94. The van der Waals surface area contributed by atoms with Gasteiger partial charge in [0.25, 0.3) is 5.91 Å². The second kappa shape index (κ2) is 13.0. The van der Waals surface area contributed by atoms with Gasteiger partial charge in [-0.15, -0.1) is 0 Å². The third kappa shape index (κ3) is 7.93. The van der Waals surface area contributed by atoms with Crippen LogP contribution in [0.4, 0.5) is 9.18 Å². The van der Waals surface area contributed by atoms with Crippen molar-refractivity contribution in [1.82, 2.24) is 15.2 Å². The molecule has 0 bridgehead atoms. The van der Waals surface area contributed by atoms with Gasteiger partial charge in [0.1, 0.15) is 17.2 Å². The van der Waals surface area contributed by atoms with Crippen molar-refractivity contribution in [1.29, 1.82) is 0 Å². The number of carbonyl (C=O) groups is 2. The lowest BCUT2D eigenvalue weighted by molar-refractivity contribution is 0.0236. The minimum atomic E-state index is -0.546. The molecule has 3 aromatic rings. The molecule has 1 saturated heterocycles. The van der Waals surface area contributed by atoms with Crippen molar-refractivity contribution in [3.8, 4) is 5.75 Å². The van der Waals surface area contributed by atoms with Crippen LogP contribution in [0.25, 0.3) is 5.57 Å². The number of amides is 2. The minimum absolute atomic E-state index is 0.235. The van der Waals surface area contributed by atoms with Crippen LogP contribution < -0.4 is 10.1 Å². The van der Waals surface area contributed by atoms with Crippen molar-refractivity contribution in [2.45, 2.75) is 59.1 Å². The molecule has 41 heavy (non-hydrogen) atoms. The zero-order valence-corrected chi connectivity index (χ0v) is 24.4. The first-order chi connectivity index (χ1) is 19.5. The molecule has 2 heterocycles. The highest BCUT2D eigenvalue weighted by atomic mass is 19.1. The third-order valence-corrected chi connectivity index (χ3v) is 6.84. The Morgan fingerprint density at radius 1 is 0.976 bits per heavy atom. The van der Waals surface area contributed by atoms with Crippen LogP contribution >= 0.6 is 0 Å². The van der Waals surface area contributed by atoms with E-state index in [1.165, 1.54) is 23.9 Å². The first kappa shape index (κ1) is 29.8. The van der Waals surface area contributed by atoms with E-state index in [2.05, 4.69) is 10.3 Å². The number of aromatic nitrogens is 1. The number of likely N-dealkylation sites (tertiary alicyclic amines) is 1. The number of hydrogen-bond acceptors (Lipinski definition) is 5. The number of pyridine rings is 1. The maximum Gasteiger partial charge on any atom is 0.410 e. The van der Waals surface area contributed by atoms with Crippen molar-refractivity contribution in [3.05, 3.63) is 101 Å². The van der Waals surface area contributed by atoms with Crippen molar-refractivity contribution in [3.63, 3.8) is 0 Å². The number of rotatable bonds is 7. The lowest BCUT2D eigenvalue weighted by Gasteiger charge is -2.32. The molecule has 1 atom stereocenters. The molecule has 8 heteroatoms. The van der Waals surface area contributed by atoms with Crippen LogP contribution in [-0.4, -0.2) is 47.2 Å². The summed E-state index contributed by atoms with van der Waals surface area (Å²) in [6, 6.07) is 16.0. The molecule has 0 spiro atoms. The van der Waals surface area contributed by atoms with E-state index < -0.39 is 5.60 Å². The van der Waals surface area contributed by atoms with Crippen molar-refractivity contribution in [2.75, 3.05) is 19.7 Å². The van der Waals surface area contributed by atoms with Gasteiger partial charge in [0.2, 0.25) is 0 Å². The molecule has 4 rings (SSSR count). The quantitative estimate of drug-likeness (QED) is 0.339. The van der Waals surface area contributed by atoms with Crippen LogP contribution in [0, 0.1) is 5.82 Å². The maximum atomic E-state index is 13.8. The fourth-order valence-electron chi connectivity index (χ4n) is 4.82. The smallest absolute Gasteiger partial charge is 0.410 e. The zero-order chi connectivity index (χ0) is 29.6. The average molecular weight is 560 g/mol. The number of carbonyl (C=O) groups excluding carboxylic acids is 2. The van der Waals surface area contributed by atoms with Crippen LogP contribution in [0.1, 0.15) is 80.6 Å². The van der Waals surface area contributed by atoms with Crippen LogP contribution in [0.15, 0.2) is 72.6 Å². The largest absolute Gasteiger partial charge is 0.492 e. The van der Waals surface area contributed by atoms with Gasteiger partial charge in [-0.1, -0.05) is 42.0 Å². The monoisotopic (exact) mass is 559 g/mol. The Balaban J connectivity index is 1.53. The Kier molecular flexibility index (Phi) is 9.42. The first-order valence-corrected chi connectivity index (χ1v) is 14.0. The summed E-state index contributed by atoms with van der Waals surface area (Å²) in [7, 11) is 0. The van der Waals surface area contributed by atoms with Gasteiger partial charge in [-0.25, -0.2) is 9.18 Å². The highest BCUT2D eigenvalue weighted by Crippen LogP contribution is 2.33. The maximum absolute atomic E-state index is 13.8. The Hall–Kier alpha value is -4.20. The highest BCUT2D eigenvalue weighted by Gasteiger charge is 2.26. The fourth-order valence-corrected chi connectivity index (χ4v) is 4.82. The molecule has 1 aliphatic heterocycles. The van der Waals surface area contributed by atoms with Gasteiger partial charge in [0.15, 0.2) is 0 Å². The molecule has 216 valence electrons. The summed E-state index contributed by atoms with van der Waals surface area (Å²) in [6.45, 7) is 11.0. The van der Waals surface area contributed by atoms with E-state index in [0.717, 1.165) is 22.3 Å². The van der Waals surface area contributed by atoms with Crippen LogP contribution in [0.2, 0.25) is 0 Å². The van der Waals surface area contributed by atoms with E-state index in [1.807, 2.05) is 58.9 Å². The molecule has 1 aromatic heterocycles. The second-order valence-corrected chi connectivity index (χ2v) is 11.1. The van der Waals surface area contributed by atoms with Crippen LogP contribution in [0.5, 0.6) is 5.75 Å². The second-order valence-electron chi connectivity index (χ2n) is 11.1. The van der Waals surface area contributed by atoms with Gasteiger partial charge in [0.05, 0.1) is 24.4 Å². The lowest BCUT2D eigenvalue weighted by Crippen LogP contribution is -2.40. The number of benzene rings is 2. The number of hydrogen-bond donors (Lipinski definition) is 1. The SMILES string of the molecule is CCOc1cncc(C(=O)N[C@H](C)c2ccc(C(=C3CCN(C(=O)OC(C)(C)C)CC3)c3ccc(F)cc3)cc2)c1. The summed E-state index contributed by atoms with van der Waals surface area (Å²) in [5, 5.41) is 3.03. The molecular weight excluding hydrogens is 521 g/mol. The number of nitrogens with zero attached hydrogens (tertiary/aromatic N) is 2. The molecule has 0 aliphatic carbocycles. The fraction of sp³-hybridized carbons (Fsp3) is 0.364. The summed E-state index contributed by atoms with van der Waals surface area (Å²) in [6.07, 6.45) is 4.17. The zero-order valence-electron chi connectivity index (χ0n) is 24.4. The minimum Gasteiger partial charge on any atom is -0.492 e. The van der Waals surface area contributed by atoms with Gasteiger partial charge in [0, 0.05) is 19.3 Å². The van der Waals surface area contributed by atoms with E-state index in [0.29, 0.717) is 43.9 Å². The van der Waals surface area contributed by atoms with Crippen LogP contribution in [-0.2, 0) is 4.74 Å². The first-order valence-electron chi connectivity index (χ1n) is 14.0. The van der Waals surface area contributed by atoms with E-state index in [-0.39, 0.29) is 23.9 Å². The topological polar surface area (TPSA) is 80.8 Å². The number of halogens is 1. The van der Waals surface area contributed by atoms with E-state index >= 15 is 0 Å². The lowest BCUT2D eigenvalue weighted by atomic mass is 9.88. The van der Waals surface area contributed by atoms with Gasteiger partial charge < -0.3 is 19.7 Å². The Morgan fingerprint density at radius 2 is 1.59 bits per heavy atom. The molecule has 1 fully saturated rings. The summed E-state index contributed by atoms with van der Waals surface area (Å²) in [5.41, 5.74) is 4.98. The predicted molar refractivity (Wildman–Crippen MR) is 157 cm³/mol. The molecule has 2 aromatic carbocycles. The molecule has 2 amide bonds. The number of ether oxygens (including phenoxy) is 2. The Labute approximate surface area is 241 Å². The van der Waals surface area contributed by atoms with E-state index in [1.54, 1.807) is 29.3 Å². The molecule has 1 aliphatic rings. The summed E-state index contributed by atoms with van der Waals surface area (Å²) >= 11 is 0. The molecule has 0 unspecified atom stereocenters. The molecule has 7 nitrogen and oxygen atoms in total. The standard InChI is InChI=1S/C33H38FN3O4/c1-6-40-29-19-27(20-35-21-29)31(38)36-22(2)23-7-9-24(10-8-23)30(25-11-13-28(34)14-12-25)26-15-17-37(18-16-26)32(39)41-33(3,4)5/h7-14,19-22H,6,15-18H2,1-5H3,(H,36,38)/t22-/m1/s1. The molecular formula is C33H38FN3O4. The van der Waals surface area contributed by atoms with Crippen molar-refractivity contribution in [2.24, 2.45) is 0 Å². The number of piperidine rings is 1. The molecule has 1 N–H and O–H groups in total. The van der Waals surface area contributed by atoms with Crippen molar-refractivity contribution >= 4 is 17.6 Å². The van der Waals surface area contributed by atoms with E-state index in [4.69, 9.17) is 9.47 Å². The third-order valence-electron chi connectivity index (χ3n) is 6.84.